The number of aromatic amines is 1. The number of H-pyrrole nitrogens is 1. The number of rotatable bonds is 3. The molecule has 0 aliphatic rings. The topological polar surface area (TPSA) is 50.8 Å². The molecule has 4 nitrogen and oxygen atoms in total. The van der Waals surface area contributed by atoms with Gasteiger partial charge < -0.3 is 9.72 Å². The molecule has 112 valence electrons. The molecule has 0 radical (unpaired) electrons. The molecule has 4 rings (SSSR count). The van der Waals surface area contributed by atoms with Crippen molar-refractivity contribution in [3.05, 3.63) is 67.3 Å². The van der Waals surface area contributed by atoms with Crippen LogP contribution >= 0.6 is 0 Å². The molecule has 1 N–H and O–H groups in total. The quantitative estimate of drug-likeness (QED) is 0.614. The monoisotopic (exact) mass is 301 g/mol. The molecule has 0 aliphatic carbocycles. The Kier molecular flexibility index (Phi) is 3.27. The van der Waals surface area contributed by atoms with E-state index in [-0.39, 0.29) is 0 Å². The Hall–Kier alpha value is -3.14. The number of ether oxygens (including phenoxy) is 1. The van der Waals surface area contributed by atoms with Gasteiger partial charge in [0.15, 0.2) is 0 Å². The van der Waals surface area contributed by atoms with Crippen LogP contribution in [0.3, 0.4) is 0 Å². The number of benzene rings is 1. The molecule has 0 bridgehead atoms. The summed E-state index contributed by atoms with van der Waals surface area (Å²) in [5.74, 6) is 0.832. The average Bonchev–Trinajstić information content (AvgIpc) is 3.06. The van der Waals surface area contributed by atoms with Crippen molar-refractivity contribution >= 4 is 10.9 Å². The Labute approximate surface area is 133 Å². The van der Waals surface area contributed by atoms with E-state index in [2.05, 4.69) is 39.2 Å². The molecule has 23 heavy (non-hydrogen) atoms. The molecule has 4 aromatic rings. The molecule has 0 spiro atoms. The Morgan fingerprint density at radius 3 is 2.48 bits per heavy atom. The highest BCUT2D eigenvalue weighted by Gasteiger charge is 2.10. The molecule has 0 saturated heterocycles. The summed E-state index contributed by atoms with van der Waals surface area (Å²) in [5, 5.41) is 1.13. The zero-order valence-corrected chi connectivity index (χ0v) is 12.7. The van der Waals surface area contributed by atoms with Gasteiger partial charge >= 0.3 is 0 Å². The van der Waals surface area contributed by atoms with Crippen molar-refractivity contribution in [3.8, 4) is 28.1 Å². The molecule has 3 heterocycles. The molecule has 0 unspecified atom stereocenters. The van der Waals surface area contributed by atoms with Crippen molar-refractivity contribution in [3.63, 3.8) is 0 Å². The van der Waals surface area contributed by atoms with Crippen molar-refractivity contribution < 1.29 is 4.74 Å². The van der Waals surface area contributed by atoms with Crippen LogP contribution in [0.25, 0.3) is 33.3 Å². The fraction of sp³-hybridized carbons (Fsp3) is 0.0526. The number of pyridine rings is 2. The van der Waals surface area contributed by atoms with Gasteiger partial charge in [-0.3, -0.25) is 9.97 Å². The Balaban J connectivity index is 1.82. The van der Waals surface area contributed by atoms with Crippen LogP contribution < -0.4 is 4.74 Å². The van der Waals surface area contributed by atoms with E-state index in [0.29, 0.717) is 0 Å². The highest BCUT2D eigenvalue weighted by atomic mass is 16.5. The zero-order chi connectivity index (χ0) is 15.6. The number of fused-ring (bicyclic) bond motifs is 1. The van der Waals surface area contributed by atoms with Crippen molar-refractivity contribution in [1.82, 2.24) is 15.0 Å². The fourth-order valence-corrected chi connectivity index (χ4v) is 2.75. The largest absolute Gasteiger partial charge is 0.496 e. The van der Waals surface area contributed by atoms with Gasteiger partial charge in [-0.2, -0.15) is 0 Å². The molecular formula is C19H15N3O. The van der Waals surface area contributed by atoms with Gasteiger partial charge in [-0.05, 0) is 47.5 Å². The standard InChI is InChI=1S/C19H15N3O/c1-23-19-11-14(13-4-7-20-8-5-13)2-3-16(19)17-10-15-6-9-21-12-18(15)22-17/h2-12,22H,1H3. The van der Waals surface area contributed by atoms with Crippen LogP contribution in [0.15, 0.2) is 67.3 Å². The third kappa shape index (κ3) is 2.44. The molecule has 0 atom stereocenters. The van der Waals surface area contributed by atoms with Gasteiger partial charge in [0, 0.05) is 29.5 Å². The Morgan fingerprint density at radius 2 is 1.70 bits per heavy atom. The Morgan fingerprint density at radius 1 is 0.870 bits per heavy atom. The lowest BCUT2D eigenvalue weighted by Crippen LogP contribution is -1.89. The predicted molar refractivity (Wildman–Crippen MR) is 91.3 cm³/mol. The van der Waals surface area contributed by atoms with Crippen molar-refractivity contribution in [2.24, 2.45) is 0 Å². The first-order chi connectivity index (χ1) is 11.3. The summed E-state index contributed by atoms with van der Waals surface area (Å²) in [6, 6.07) is 14.3. The number of nitrogens with zero attached hydrogens (tertiary/aromatic N) is 2. The van der Waals surface area contributed by atoms with Crippen LogP contribution in [0.5, 0.6) is 5.75 Å². The minimum absolute atomic E-state index is 0.832. The first kappa shape index (κ1) is 13.5. The van der Waals surface area contributed by atoms with Crippen LogP contribution in [0.2, 0.25) is 0 Å². The molecule has 0 fully saturated rings. The van der Waals surface area contributed by atoms with E-state index < -0.39 is 0 Å². The highest BCUT2D eigenvalue weighted by Crippen LogP contribution is 2.34. The maximum atomic E-state index is 5.61. The molecule has 1 aromatic carbocycles. The summed E-state index contributed by atoms with van der Waals surface area (Å²) in [6.45, 7) is 0. The third-order valence-electron chi connectivity index (χ3n) is 3.93. The molecule has 0 saturated carbocycles. The lowest BCUT2D eigenvalue weighted by Gasteiger charge is -2.10. The van der Waals surface area contributed by atoms with E-state index in [1.807, 2.05) is 24.4 Å². The lowest BCUT2D eigenvalue weighted by atomic mass is 10.0. The minimum Gasteiger partial charge on any atom is -0.496 e. The van der Waals surface area contributed by atoms with Gasteiger partial charge in [0.2, 0.25) is 0 Å². The molecule has 0 aliphatic heterocycles. The number of nitrogens with one attached hydrogen (secondary N) is 1. The van der Waals surface area contributed by atoms with Gasteiger partial charge in [-0.25, -0.2) is 0 Å². The second-order valence-corrected chi connectivity index (χ2v) is 5.30. The van der Waals surface area contributed by atoms with E-state index in [4.69, 9.17) is 4.74 Å². The van der Waals surface area contributed by atoms with Crippen molar-refractivity contribution in [1.29, 1.82) is 0 Å². The second kappa shape index (κ2) is 5.57. The normalized spacial score (nSPS) is 10.8. The zero-order valence-electron chi connectivity index (χ0n) is 12.7. The van der Waals surface area contributed by atoms with Crippen LogP contribution in [0.1, 0.15) is 0 Å². The highest BCUT2D eigenvalue weighted by molar-refractivity contribution is 5.87. The summed E-state index contributed by atoms with van der Waals surface area (Å²) < 4.78 is 5.61. The third-order valence-corrected chi connectivity index (χ3v) is 3.93. The van der Waals surface area contributed by atoms with E-state index >= 15 is 0 Å². The van der Waals surface area contributed by atoms with Crippen LogP contribution in [0, 0.1) is 0 Å². The van der Waals surface area contributed by atoms with E-state index in [1.54, 1.807) is 25.7 Å². The molecule has 3 aromatic heterocycles. The summed E-state index contributed by atoms with van der Waals surface area (Å²) in [4.78, 5) is 11.6. The fourth-order valence-electron chi connectivity index (χ4n) is 2.75. The first-order valence-corrected chi connectivity index (χ1v) is 7.37. The summed E-state index contributed by atoms with van der Waals surface area (Å²) >= 11 is 0. The van der Waals surface area contributed by atoms with Crippen LogP contribution in [-0.2, 0) is 0 Å². The van der Waals surface area contributed by atoms with E-state index in [9.17, 15) is 0 Å². The molecular weight excluding hydrogens is 286 g/mol. The van der Waals surface area contributed by atoms with Crippen LogP contribution in [0.4, 0.5) is 0 Å². The summed E-state index contributed by atoms with van der Waals surface area (Å²) in [6.07, 6.45) is 7.21. The first-order valence-electron chi connectivity index (χ1n) is 7.37. The second-order valence-electron chi connectivity index (χ2n) is 5.30. The smallest absolute Gasteiger partial charge is 0.128 e. The Bertz CT molecular complexity index is 928. The van der Waals surface area contributed by atoms with Gasteiger partial charge in [-0.1, -0.05) is 6.07 Å². The van der Waals surface area contributed by atoms with Crippen molar-refractivity contribution in [2.75, 3.05) is 7.11 Å². The SMILES string of the molecule is COc1cc(-c2ccncc2)ccc1-c1cc2ccncc2[nH]1. The number of aromatic nitrogens is 3. The van der Waals surface area contributed by atoms with Gasteiger partial charge in [0.1, 0.15) is 5.75 Å². The van der Waals surface area contributed by atoms with E-state index in [1.165, 1.54) is 0 Å². The van der Waals surface area contributed by atoms with Crippen LogP contribution in [-0.4, -0.2) is 22.1 Å². The number of hydrogen-bond acceptors (Lipinski definition) is 3. The minimum atomic E-state index is 0.832. The maximum Gasteiger partial charge on any atom is 0.128 e. The van der Waals surface area contributed by atoms with Gasteiger partial charge in [-0.15, -0.1) is 0 Å². The number of hydrogen-bond donors (Lipinski definition) is 1. The maximum absolute atomic E-state index is 5.61. The van der Waals surface area contributed by atoms with Gasteiger partial charge in [0.25, 0.3) is 0 Å². The lowest BCUT2D eigenvalue weighted by molar-refractivity contribution is 0.416. The van der Waals surface area contributed by atoms with Gasteiger partial charge in [0.05, 0.1) is 24.5 Å². The average molecular weight is 301 g/mol. The summed E-state index contributed by atoms with van der Waals surface area (Å²) in [5.41, 5.74) is 5.28. The summed E-state index contributed by atoms with van der Waals surface area (Å²) in [7, 11) is 1.69. The molecule has 0 amide bonds. The van der Waals surface area contributed by atoms with E-state index in [0.717, 1.165) is 39.0 Å². The molecule has 4 heteroatoms. The number of methoxy groups -OCH3 is 1. The van der Waals surface area contributed by atoms with Crippen molar-refractivity contribution in [2.45, 2.75) is 0 Å². The predicted octanol–water partition coefficient (Wildman–Crippen LogP) is 4.30.